The minimum atomic E-state index is -0.391. The first-order chi connectivity index (χ1) is 13.5. The standard InChI is InChI=1S/C19H16Cl2N4O3.ClH/c1-27-15-7-10-5-6-25-17(12(10)9-16(15)28-2)23-18(24-19(25)26)22-14-4-3-11(20)8-13(14)21;/h3-4,7-9H,5-6H2,1-2H3,(H,22,24,26);1H. The monoisotopic (exact) mass is 454 g/mol. The van der Waals surface area contributed by atoms with Crippen LogP contribution in [0.3, 0.4) is 0 Å². The minimum absolute atomic E-state index is 0. The van der Waals surface area contributed by atoms with E-state index in [0.29, 0.717) is 46.0 Å². The topological polar surface area (TPSA) is 78.3 Å². The molecule has 0 radical (unpaired) electrons. The van der Waals surface area contributed by atoms with Crippen LogP contribution in [0.15, 0.2) is 35.1 Å². The molecule has 152 valence electrons. The Kier molecular flexibility index (Phi) is 6.21. The molecule has 3 aromatic rings. The molecular weight excluding hydrogens is 439 g/mol. The maximum absolute atomic E-state index is 12.6. The molecule has 0 spiro atoms. The predicted octanol–water partition coefficient (Wildman–Crippen LogP) is 4.35. The molecule has 0 amide bonds. The summed E-state index contributed by atoms with van der Waals surface area (Å²) in [6.45, 7) is 0.485. The molecule has 0 saturated carbocycles. The Balaban J connectivity index is 0.00000240. The van der Waals surface area contributed by atoms with Crippen molar-refractivity contribution < 1.29 is 9.47 Å². The van der Waals surface area contributed by atoms with Gasteiger partial charge in [-0.1, -0.05) is 23.2 Å². The first kappa shape index (κ1) is 21.2. The van der Waals surface area contributed by atoms with Crippen molar-refractivity contribution in [2.24, 2.45) is 0 Å². The van der Waals surface area contributed by atoms with Gasteiger partial charge < -0.3 is 14.8 Å². The number of hydrogen-bond donors (Lipinski definition) is 1. The largest absolute Gasteiger partial charge is 0.493 e. The number of aromatic nitrogens is 3. The summed E-state index contributed by atoms with van der Waals surface area (Å²) in [5.41, 5.74) is 1.98. The Morgan fingerprint density at radius 1 is 1.07 bits per heavy atom. The van der Waals surface area contributed by atoms with Crippen LogP contribution in [-0.2, 0) is 13.0 Å². The van der Waals surface area contributed by atoms with Gasteiger partial charge in [0.2, 0.25) is 5.95 Å². The van der Waals surface area contributed by atoms with Gasteiger partial charge in [-0.3, -0.25) is 4.57 Å². The molecule has 29 heavy (non-hydrogen) atoms. The zero-order chi connectivity index (χ0) is 19.8. The average Bonchev–Trinajstić information content (AvgIpc) is 2.69. The highest BCUT2D eigenvalue weighted by Gasteiger charge is 2.23. The van der Waals surface area contributed by atoms with E-state index in [1.54, 1.807) is 37.0 Å². The minimum Gasteiger partial charge on any atom is -0.493 e. The summed E-state index contributed by atoms with van der Waals surface area (Å²) < 4.78 is 12.3. The number of methoxy groups -OCH3 is 2. The third-order valence-corrected chi connectivity index (χ3v) is 5.08. The molecule has 0 unspecified atom stereocenters. The third kappa shape index (κ3) is 3.99. The second-order valence-electron chi connectivity index (χ2n) is 6.17. The van der Waals surface area contributed by atoms with E-state index in [1.165, 1.54) is 0 Å². The highest BCUT2D eigenvalue weighted by atomic mass is 35.5. The zero-order valence-electron chi connectivity index (χ0n) is 15.5. The molecule has 1 aromatic heterocycles. The van der Waals surface area contributed by atoms with E-state index < -0.39 is 5.69 Å². The number of benzene rings is 2. The van der Waals surface area contributed by atoms with E-state index in [9.17, 15) is 4.79 Å². The van der Waals surface area contributed by atoms with Gasteiger partial charge in [-0.15, -0.1) is 12.4 Å². The molecule has 1 aliphatic heterocycles. The van der Waals surface area contributed by atoms with Crippen LogP contribution in [0.25, 0.3) is 11.4 Å². The summed E-state index contributed by atoms with van der Waals surface area (Å²) in [7, 11) is 3.15. The summed E-state index contributed by atoms with van der Waals surface area (Å²) in [6, 6.07) is 8.72. The smallest absolute Gasteiger partial charge is 0.352 e. The SMILES string of the molecule is COc1cc2c(cc1OC)-c1nc(Nc3ccc(Cl)cc3Cl)nc(=O)n1CC2.Cl. The Labute approximate surface area is 183 Å². The van der Waals surface area contributed by atoms with Gasteiger partial charge in [0.05, 0.1) is 24.9 Å². The number of halogens is 3. The number of nitrogens with one attached hydrogen (secondary N) is 1. The van der Waals surface area contributed by atoms with Crippen molar-refractivity contribution in [2.75, 3.05) is 19.5 Å². The van der Waals surface area contributed by atoms with Crippen LogP contribution in [-0.4, -0.2) is 28.8 Å². The van der Waals surface area contributed by atoms with Crippen molar-refractivity contribution in [3.05, 3.63) is 56.4 Å². The fraction of sp³-hybridized carbons (Fsp3) is 0.211. The van der Waals surface area contributed by atoms with E-state index in [4.69, 9.17) is 32.7 Å². The van der Waals surface area contributed by atoms with Crippen molar-refractivity contribution in [3.8, 4) is 22.9 Å². The van der Waals surface area contributed by atoms with Gasteiger partial charge in [-0.05, 0) is 42.3 Å². The molecule has 0 aliphatic carbocycles. The van der Waals surface area contributed by atoms with Gasteiger partial charge >= 0.3 is 5.69 Å². The summed E-state index contributed by atoms with van der Waals surface area (Å²) >= 11 is 12.1. The summed E-state index contributed by atoms with van der Waals surface area (Å²) in [5.74, 6) is 1.87. The van der Waals surface area contributed by atoms with Gasteiger partial charge in [0.1, 0.15) is 5.82 Å². The molecule has 0 fully saturated rings. The molecule has 4 rings (SSSR count). The number of aryl methyl sites for hydroxylation is 1. The van der Waals surface area contributed by atoms with Crippen LogP contribution in [0.4, 0.5) is 11.6 Å². The second kappa shape index (κ2) is 8.49. The molecule has 1 N–H and O–H groups in total. The molecule has 0 bridgehead atoms. The number of anilines is 2. The lowest BCUT2D eigenvalue weighted by molar-refractivity contribution is 0.354. The zero-order valence-corrected chi connectivity index (χ0v) is 17.9. The van der Waals surface area contributed by atoms with Gasteiger partial charge in [0.25, 0.3) is 0 Å². The Morgan fingerprint density at radius 3 is 2.48 bits per heavy atom. The maximum Gasteiger partial charge on any atom is 0.352 e. The second-order valence-corrected chi connectivity index (χ2v) is 7.01. The van der Waals surface area contributed by atoms with Crippen LogP contribution in [0.1, 0.15) is 5.56 Å². The van der Waals surface area contributed by atoms with Crippen LogP contribution in [0.5, 0.6) is 11.5 Å². The van der Waals surface area contributed by atoms with Crippen LogP contribution in [0.2, 0.25) is 10.0 Å². The molecule has 10 heteroatoms. The normalized spacial score (nSPS) is 11.7. The maximum atomic E-state index is 12.6. The number of ether oxygens (including phenoxy) is 2. The van der Waals surface area contributed by atoms with E-state index in [1.807, 2.05) is 12.1 Å². The third-order valence-electron chi connectivity index (χ3n) is 4.53. The van der Waals surface area contributed by atoms with E-state index in [2.05, 4.69) is 15.3 Å². The molecule has 2 heterocycles. The predicted molar refractivity (Wildman–Crippen MR) is 116 cm³/mol. The lowest BCUT2D eigenvalue weighted by Crippen LogP contribution is -2.30. The van der Waals surface area contributed by atoms with Crippen molar-refractivity contribution in [3.63, 3.8) is 0 Å². The fourth-order valence-corrected chi connectivity index (χ4v) is 3.63. The number of rotatable bonds is 4. The molecule has 0 atom stereocenters. The van der Waals surface area contributed by atoms with E-state index in [0.717, 1.165) is 11.1 Å². The summed E-state index contributed by atoms with van der Waals surface area (Å²) in [4.78, 5) is 21.2. The van der Waals surface area contributed by atoms with Gasteiger partial charge in [0.15, 0.2) is 11.5 Å². The van der Waals surface area contributed by atoms with Crippen LogP contribution in [0, 0.1) is 0 Å². The van der Waals surface area contributed by atoms with E-state index in [-0.39, 0.29) is 18.4 Å². The van der Waals surface area contributed by atoms with Crippen molar-refractivity contribution in [1.29, 1.82) is 0 Å². The Morgan fingerprint density at radius 2 is 1.79 bits per heavy atom. The molecular formula is C19H17Cl3N4O3. The van der Waals surface area contributed by atoms with E-state index >= 15 is 0 Å². The van der Waals surface area contributed by atoms with Gasteiger partial charge in [-0.2, -0.15) is 9.97 Å². The first-order valence-corrected chi connectivity index (χ1v) is 9.22. The summed E-state index contributed by atoms with van der Waals surface area (Å²) in [6.07, 6.45) is 0.668. The fourth-order valence-electron chi connectivity index (χ4n) is 3.17. The average molecular weight is 456 g/mol. The number of hydrogen-bond acceptors (Lipinski definition) is 6. The molecule has 2 aromatic carbocycles. The lowest BCUT2D eigenvalue weighted by atomic mass is 9.99. The first-order valence-electron chi connectivity index (χ1n) is 8.46. The van der Waals surface area contributed by atoms with Gasteiger partial charge in [-0.25, -0.2) is 4.79 Å². The Hall–Kier alpha value is -2.48. The number of fused-ring (bicyclic) bond motifs is 3. The molecule has 7 nitrogen and oxygen atoms in total. The number of nitrogens with zero attached hydrogens (tertiary/aromatic N) is 3. The van der Waals surface area contributed by atoms with Crippen molar-refractivity contribution in [1.82, 2.24) is 14.5 Å². The molecule has 1 aliphatic rings. The highest BCUT2D eigenvalue weighted by Crippen LogP contribution is 2.37. The van der Waals surface area contributed by atoms with Crippen molar-refractivity contribution in [2.45, 2.75) is 13.0 Å². The lowest BCUT2D eigenvalue weighted by Gasteiger charge is -2.22. The highest BCUT2D eigenvalue weighted by molar-refractivity contribution is 6.36. The summed E-state index contributed by atoms with van der Waals surface area (Å²) in [5, 5.41) is 3.90. The quantitative estimate of drug-likeness (QED) is 0.630. The van der Waals surface area contributed by atoms with Gasteiger partial charge in [0, 0.05) is 17.1 Å². The van der Waals surface area contributed by atoms with Crippen LogP contribution < -0.4 is 20.5 Å². The van der Waals surface area contributed by atoms with Crippen LogP contribution >= 0.6 is 35.6 Å². The van der Waals surface area contributed by atoms with Crippen molar-refractivity contribution >= 4 is 47.2 Å². The Bertz CT molecular complexity index is 1130. The molecule has 0 saturated heterocycles.